The van der Waals surface area contributed by atoms with E-state index < -0.39 is 0 Å². The van der Waals surface area contributed by atoms with Gasteiger partial charge in [0, 0.05) is 24.0 Å². The van der Waals surface area contributed by atoms with Gasteiger partial charge in [0.1, 0.15) is 0 Å². The van der Waals surface area contributed by atoms with Crippen molar-refractivity contribution in [2.24, 2.45) is 5.92 Å². The Kier molecular flexibility index (Phi) is 2.81. The number of amides is 1. The molecule has 0 unspecified atom stereocenters. The first-order valence-corrected chi connectivity index (χ1v) is 6.10. The molecule has 1 amide bonds. The van der Waals surface area contributed by atoms with E-state index in [9.17, 15) is 4.79 Å². The Morgan fingerprint density at radius 2 is 1.83 bits per heavy atom. The van der Waals surface area contributed by atoms with E-state index in [0.29, 0.717) is 5.92 Å². The predicted octanol–water partition coefficient (Wildman–Crippen LogP) is 2.82. The average molecular weight is 238 g/mol. The van der Waals surface area contributed by atoms with Gasteiger partial charge in [-0.15, -0.1) is 0 Å². The summed E-state index contributed by atoms with van der Waals surface area (Å²) in [6.07, 6.45) is 4.30. The van der Waals surface area contributed by atoms with Gasteiger partial charge in [-0.2, -0.15) is 0 Å². The first-order chi connectivity index (χ1) is 8.84. The van der Waals surface area contributed by atoms with Crippen LogP contribution in [0.5, 0.6) is 0 Å². The lowest BCUT2D eigenvalue weighted by Gasteiger charge is -2.04. The molecule has 1 aliphatic carbocycles. The van der Waals surface area contributed by atoms with E-state index in [4.69, 9.17) is 0 Å². The summed E-state index contributed by atoms with van der Waals surface area (Å²) in [7, 11) is 0. The average Bonchev–Trinajstić information content (AvgIpc) is 3.21. The van der Waals surface area contributed by atoms with Crippen LogP contribution in [0.4, 0.5) is 5.69 Å². The van der Waals surface area contributed by atoms with Gasteiger partial charge in [0.2, 0.25) is 5.91 Å². The smallest absolute Gasteiger partial charge is 0.228 e. The minimum Gasteiger partial charge on any atom is -0.326 e. The molecule has 1 aliphatic rings. The molecule has 2 atom stereocenters. The lowest BCUT2D eigenvalue weighted by Crippen LogP contribution is -2.14. The van der Waals surface area contributed by atoms with E-state index in [-0.39, 0.29) is 11.8 Å². The second-order valence-electron chi connectivity index (χ2n) is 4.58. The zero-order chi connectivity index (χ0) is 12.4. The number of nitrogens with one attached hydrogen (secondary N) is 1. The summed E-state index contributed by atoms with van der Waals surface area (Å²) in [5, 5.41) is 2.92. The van der Waals surface area contributed by atoms with Crippen molar-refractivity contribution in [3.8, 4) is 0 Å². The lowest BCUT2D eigenvalue weighted by atomic mass is 10.1. The Hall–Kier alpha value is -2.16. The van der Waals surface area contributed by atoms with Crippen LogP contribution in [-0.4, -0.2) is 10.9 Å². The first kappa shape index (κ1) is 11.0. The molecule has 0 bridgehead atoms. The molecule has 0 saturated heterocycles. The van der Waals surface area contributed by atoms with E-state index in [0.717, 1.165) is 12.1 Å². The molecule has 90 valence electrons. The molecule has 1 aromatic carbocycles. The fraction of sp³-hybridized carbons (Fsp3) is 0.200. The van der Waals surface area contributed by atoms with Crippen LogP contribution in [0.2, 0.25) is 0 Å². The van der Waals surface area contributed by atoms with Crippen LogP contribution in [0.1, 0.15) is 17.9 Å². The highest BCUT2D eigenvalue weighted by atomic mass is 16.2. The molecule has 0 spiro atoms. The van der Waals surface area contributed by atoms with E-state index in [1.165, 1.54) is 5.56 Å². The third-order valence-electron chi connectivity index (χ3n) is 3.30. The van der Waals surface area contributed by atoms with Crippen molar-refractivity contribution >= 4 is 11.6 Å². The Morgan fingerprint density at radius 1 is 1.11 bits per heavy atom. The van der Waals surface area contributed by atoms with Gasteiger partial charge in [0.25, 0.3) is 0 Å². The number of anilines is 1. The fourth-order valence-corrected chi connectivity index (χ4v) is 2.22. The zero-order valence-corrected chi connectivity index (χ0v) is 9.91. The van der Waals surface area contributed by atoms with Crippen LogP contribution in [0.15, 0.2) is 54.9 Å². The highest BCUT2D eigenvalue weighted by Gasteiger charge is 2.43. The third-order valence-corrected chi connectivity index (χ3v) is 3.30. The number of hydrogen-bond acceptors (Lipinski definition) is 2. The van der Waals surface area contributed by atoms with E-state index in [2.05, 4.69) is 22.4 Å². The number of carbonyl (C=O) groups excluding carboxylic acids is 1. The lowest BCUT2D eigenvalue weighted by molar-refractivity contribution is -0.117. The van der Waals surface area contributed by atoms with Crippen LogP contribution in [0.25, 0.3) is 0 Å². The van der Waals surface area contributed by atoms with Gasteiger partial charge in [-0.1, -0.05) is 30.3 Å². The molecule has 1 aromatic heterocycles. The Morgan fingerprint density at radius 3 is 2.56 bits per heavy atom. The normalized spacial score (nSPS) is 21.3. The highest BCUT2D eigenvalue weighted by Crippen LogP contribution is 2.47. The fourth-order valence-electron chi connectivity index (χ4n) is 2.22. The summed E-state index contributed by atoms with van der Waals surface area (Å²) >= 11 is 0. The predicted molar refractivity (Wildman–Crippen MR) is 70.2 cm³/mol. The quantitative estimate of drug-likeness (QED) is 0.893. The summed E-state index contributed by atoms with van der Waals surface area (Å²) in [4.78, 5) is 16.0. The molecule has 1 N–H and O–H groups in total. The van der Waals surface area contributed by atoms with E-state index in [1.54, 1.807) is 24.5 Å². The standard InChI is InChI=1S/C15H14N2O/c18-15(17-12-6-8-16-9-7-12)14-10-13(14)11-4-2-1-3-5-11/h1-9,13-14H,10H2,(H,16,17,18)/t13-,14+/m1/s1. The third kappa shape index (κ3) is 2.25. The molecule has 1 fully saturated rings. The number of nitrogens with zero attached hydrogens (tertiary/aromatic N) is 1. The van der Waals surface area contributed by atoms with Crippen molar-refractivity contribution in [1.82, 2.24) is 4.98 Å². The maximum atomic E-state index is 12.0. The number of pyridine rings is 1. The van der Waals surface area contributed by atoms with Gasteiger partial charge in [0.05, 0.1) is 0 Å². The van der Waals surface area contributed by atoms with Gasteiger partial charge in [0.15, 0.2) is 0 Å². The molecule has 3 nitrogen and oxygen atoms in total. The largest absolute Gasteiger partial charge is 0.326 e. The maximum absolute atomic E-state index is 12.0. The molecule has 18 heavy (non-hydrogen) atoms. The van der Waals surface area contributed by atoms with Crippen LogP contribution < -0.4 is 5.32 Å². The van der Waals surface area contributed by atoms with Crippen molar-refractivity contribution in [3.05, 3.63) is 60.4 Å². The van der Waals surface area contributed by atoms with Crippen LogP contribution in [-0.2, 0) is 4.79 Å². The van der Waals surface area contributed by atoms with E-state index >= 15 is 0 Å². The number of hydrogen-bond donors (Lipinski definition) is 1. The molecule has 2 aromatic rings. The molecular weight excluding hydrogens is 224 g/mol. The Labute approximate surface area is 106 Å². The summed E-state index contributed by atoms with van der Waals surface area (Å²) < 4.78 is 0. The number of rotatable bonds is 3. The first-order valence-electron chi connectivity index (χ1n) is 6.10. The molecule has 1 heterocycles. The Bertz CT molecular complexity index is 539. The van der Waals surface area contributed by atoms with Gasteiger partial charge in [-0.25, -0.2) is 0 Å². The second-order valence-corrected chi connectivity index (χ2v) is 4.58. The van der Waals surface area contributed by atoms with E-state index in [1.807, 2.05) is 18.2 Å². The number of aromatic nitrogens is 1. The number of benzene rings is 1. The zero-order valence-electron chi connectivity index (χ0n) is 9.91. The van der Waals surface area contributed by atoms with Crippen LogP contribution in [0, 0.1) is 5.92 Å². The summed E-state index contributed by atoms with van der Waals surface area (Å²) in [6, 6.07) is 13.8. The highest BCUT2D eigenvalue weighted by molar-refractivity contribution is 5.95. The molecular formula is C15H14N2O. The molecule has 3 rings (SSSR count). The van der Waals surface area contributed by atoms with Crippen molar-refractivity contribution in [2.75, 3.05) is 5.32 Å². The second kappa shape index (κ2) is 4.61. The van der Waals surface area contributed by atoms with Gasteiger partial charge >= 0.3 is 0 Å². The molecule has 3 heteroatoms. The van der Waals surface area contributed by atoms with Crippen molar-refractivity contribution in [2.45, 2.75) is 12.3 Å². The molecule has 0 aliphatic heterocycles. The number of carbonyl (C=O) groups is 1. The van der Waals surface area contributed by atoms with Crippen LogP contribution in [0.3, 0.4) is 0 Å². The van der Waals surface area contributed by atoms with Crippen molar-refractivity contribution in [3.63, 3.8) is 0 Å². The van der Waals surface area contributed by atoms with Crippen LogP contribution >= 0.6 is 0 Å². The Balaban J connectivity index is 1.63. The van der Waals surface area contributed by atoms with Gasteiger partial charge in [-0.3, -0.25) is 9.78 Å². The minimum atomic E-state index is 0.107. The monoisotopic (exact) mass is 238 g/mol. The van der Waals surface area contributed by atoms with Crippen molar-refractivity contribution < 1.29 is 4.79 Å². The summed E-state index contributed by atoms with van der Waals surface area (Å²) in [6.45, 7) is 0. The molecule has 1 saturated carbocycles. The summed E-state index contributed by atoms with van der Waals surface area (Å²) in [5.41, 5.74) is 2.07. The van der Waals surface area contributed by atoms with Crippen molar-refractivity contribution in [1.29, 1.82) is 0 Å². The topological polar surface area (TPSA) is 42.0 Å². The maximum Gasteiger partial charge on any atom is 0.228 e. The van der Waals surface area contributed by atoms with Gasteiger partial charge in [-0.05, 0) is 30.0 Å². The summed E-state index contributed by atoms with van der Waals surface area (Å²) in [5.74, 6) is 0.601. The minimum absolute atomic E-state index is 0.107. The molecule has 0 radical (unpaired) electrons. The van der Waals surface area contributed by atoms with Gasteiger partial charge < -0.3 is 5.32 Å². The SMILES string of the molecule is O=C(Nc1ccncc1)[C@H]1C[C@@H]1c1ccccc1.